The molecule has 0 radical (unpaired) electrons. The minimum atomic E-state index is -0.470. The lowest BCUT2D eigenvalue weighted by molar-refractivity contribution is -0.123. The topological polar surface area (TPSA) is 72.9 Å². The van der Waals surface area contributed by atoms with Crippen molar-refractivity contribution in [3.8, 4) is 11.5 Å². The lowest BCUT2D eigenvalue weighted by atomic mass is 10.1. The van der Waals surface area contributed by atoms with Crippen LogP contribution in [-0.2, 0) is 11.3 Å². The first kappa shape index (κ1) is 22.6. The van der Waals surface area contributed by atoms with Gasteiger partial charge in [0.25, 0.3) is 11.1 Å². The number of benzene rings is 2. The second kappa shape index (κ2) is 9.88. The highest BCUT2D eigenvalue weighted by molar-refractivity contribution is 14.1. The van der Waals surface area contributed by atoms with Crippen molar-refractivity contribution in [2.24, 2.45) is 0 Å². The lowest BCUT2D eigenvalue weighted by Gasteiger charge is -2.12. The van der Waals surface area contributed by atoms with Crippen LogP contribution in [0.3, 0.4) is 0 Å². The Morgan fingerprint density at radius 3 is 2.56 bits per heavy atom. The second-order valence-corrected chi connectivity index (χ2v) is 9.86. The van der Waals surface area contributed by atoms with Crippen molar-refractivity contribution in [2.75, 3.05) is 7.11 Å². The van der Waals surface area contributed by atoms with Crippen LogP contribution in [0.5, 0.6) is 11.5 Å². The molecule has 4 rings (SSSR count). The normalized spacial score (nSPS) is 14.8. The molecule has 9 heteroatoms. The molecule has 162 valence electrons. The predicted molar refractivity (Wildman–Crippen MR) is 133 cm³/mol. The van der Waals surface area contributed by atoms with E-state index in [0.717, 1.165) is 20.9 Å². The fourth-order valence-corrected chi connectivity index (χ4v) is 4.76. The van der Waals surface area contributed by atoms with Gasteiger partial charge in [-0.05, 0) is 87.3 Å². The number of ether oxygens (including phenoxy) is 2. The lowest BCUT2D eigenvalue weighted by Crippen LogP contribution is -2.27. The number of hydrogen-bond acceptors (Lipinski definition) is 7. The Bertz CT molecular complexity index is 1210. The van der Waals surface area contributed by atoms with E-state index in [1.807, 2.05) is 24.3 Å². The molecule has 1 aliphatic heterocycles. The zero-order valence-electron chi connectivity index (χ0n) is 16.7. The number of carbonyl (C=O) groups is 3. The zero-order chi connectivity index (χ0) is 22.7. The number of esters is 1. The first-order chi connectivity index (χ1) is 15.4. The van der Waals surface area contributed by atoms with Gasteiger partial charge in [-0.25, -0.2) is 4.79 Å². The molecular formula is C23H16INO5S2. The van der Waals surface area contributed by atoms with Gasteiger partial charge in [-0.3, -0.25) is 14.5 Å². The summed E-state index contributed by atoms with van der Waals surface area (Å²) in [6.07, 6.45) is 1.63. The molecule has 2 heterocycles. The Morgan fingerprint density at radius 2 is 1.88 bits per heavy atom. The van der Waals surface area contributed by atoms with Gasteiger partial charge in [-0.1, -0.05) is 24.3 Å². The Kier molecular flexibility index (Phi) is 6.97. The maximum Gasteiger partial charge on any atom is 0.353 e. The van der Waals surface area contributed by atoms with Crippen LogP contribution < -0.4 is 9.47 Å². The summed E-state index contributed by atoms with van der Waals surface area (Å²) in [5, 5.41) is 1.48. The van der Waals surface area contributed by atoms with Gasteiger partial charge in [0.1, 0.15) is 4.88 Å². The molecule has 1 aliphatic rings. The number of rotatable bonds is 6. The van der Waals surface area contributed by atoms with E-state index < -0.39 is 5.97 Å². The SMILES string of the molecule is COc1cc(/C=C2\SC(=O)N(Cc3ccc(I)cc3)C2=O)ccc1OC(=O)c1cccs1. The van der Waals surface area contributed by atoms with Crippen LogP contribution >= 0.6 is 45.7 Å². The number of thiophene rings is 1. The standard InChI is InChI=1S/C23H16INO5S2/c1-29-18-11-15(6-9-17(18)30-22(27)19-3-2-10-31-19)12-20-21(26)25(23(28)32-20)13-14-4-7-16(24)8-5-14/h2-12H,13H2,1H3/b20-12-. The zero-order valence-corrected chi connectivity index (χ0v) is 20.5. The monoisotopic (exact) mass is 577 g/mol. The van der Waals surface area contributed by atoms with Crippen LogP contribution in [0.2, 0.25) is 0 Å². The van der Waals surface area contributed by atoms with Gasteiger partial charge >= 0.3 is 5.97 Å². The van der Waals surface area contributed by atoms with E-state index in [1.165, 1.54) is 23.3 Å². The fraction of sp³-hybridized carbons (Fsp3) is 0.0870. The average Bonchev–Trinajstić information content (AvgIpc) is 3.41. The number of imide groups is 1. The van der Waals surface area contributed by atoms with Gasteiger partial charge in [0.2, 0.25) is 0 Å². The molecule has 0 aliphatic carbocycles. The molecule has 0 N–H and O–H groups in total. The van der Waals surface area contributed by atoms with E-state index in [9.17, 15) is 14.4 Å². The Hall–Kier alpha value is -2.63. The van der Waals surface area contributed by atoms with Crippen LogP contribution in [0.25, 0.3) is 6.08 Å². The number of halogens is 1. The van der Waals surface area contributed by atoms with E-state index in [-0.39, 0.29) is 23.4 Å². The van der Waals surface area contributed by atoms with Gasteiger partial charge in [0, 0.05) is 3.57 Å². The van der Waals surface area contributed by atoms with Crippen molar-refractivity contribution in [3.63, 3.8) is 0 Å². The maximum atomic E-state index is 12.8. The van der Waals surface area contributed by atoms with Crippen LogP contribution in [-0.4, -0.2) is 29.1 Å². The smallest absolute Gasteiger partial charge is 0.353 e. The molecule has 1 fully saturated rings. The van der Waals surface area contributed by atoms with Crippen molar-refractivity contribution in [3.05, 3.63) is 84.5 Å². The highest BCUT2D eigenvalue weighted by Crippen LogP contribution is 2.35. The molecule has 0 bridgehead atoms. The van der Waals surface area contributed by atoms with Crippen LogP contribution in [0.15, 0.2) is 64.9 Å². The van der Waals surface area contributed by atoms with E-state index in [2.05, 4.69) is 22.6 Å². The molecule has 0 unspecified atom stereocenters. The van der Waals surface area contributed by atoms with E-state index in [4.69, 9.17) is 9.47 Å². The molecule has 6 nitrogen and oxygen atoms in total. The van der Waals surface area contributed by atoms with Gasteiger partial charge in [0.15, 0.2) is 11.5 Å². The van der Waals surface area contributed by atoms with E-state index >= 15 is 0 Å². The molecular weight excluding hydrogens is 561 g/mol. The van der Waals surface area contributed by atoms with Crippen LogP contribution in [0, 0.1) is 3.57 Å². The van der Waals surface area contributed by atoms with Crippen molar-refractivity contribution < 1.29 is 23.9 Å². The number of hydrogen-bond donors (Lipinski definition) is 0. The minimum absolute atomic E-state index is 0.222. The number of thioether (sulfide) groups is 1. The van der Waals surface area contributed by atoms with Crippen molar-refractivity contribution in [1.29, 1.82) is 0 Å². The molecule has 0 atom stereocenters. The van der Waals surface area contributed by atoms with Crippen LogP contribution in [0.1, 0.15) is 20.8 Å². The van der Waals surface area contributed by atoms with Gasteiger partial charge in [-0.2, -0.15) is 0 Å². The second-order valence-electron chi connectivity index (χ2n) is 6.67. The van der Waals surface area contributed by atoms with Gasteiger partial charge in [0.05, 0.1) is 18.6 Å². The van der Waals surface area contributed by atoms with Crippen LogP contribution in [0.4, 0.5) is 4.79 Å². The first-order valence-electron chi connectivity index (χ1n) is 9.38. The first-order valence-corrected chi connectivity index (χ1v) is 12.2. The number of amides is 2. The van der Waals surface area contributed by atoms with Crippen molar-refractivity contribution in [2.45, 2.75) is 6.54 Å². The number of nitrogens with zero attached hydrogens (tertiary/aromatic N) is 1. The Labute approximate surface area is 206 Å². The summed E-state index contributed by atoms with van der Waals surface area (Å²) in [6.45, 7) is 0.222. The maximum absolute atomic E-state index is 12.8. The number of carbonyl (C=O) groups excluding carboxylic acids is 3. The summed E-state index contributed by atoms with van der Waals surface area (Å²) >= 11 is 4.39. The average molecular weight is 577 g/mol. The van der Waals surface area contributed by atoms with E-state index in [0.29, 0.717) is 21.1 Å². The molecule has 0 spiro atoms. The third kappa shape index (κ3) is 5.05. The summed E-state index contributed by atoms with van der Waals surface area (Å²) < 4.78 is 11.9. The number of methoxy groups -OCH3 is 1. The predicted octanol–water partition coefficient (Wildman–Crippen LogP) is 5.82. The Morgan fingerprint density at radius 1 is 1.09 bits per heavy atom. The largest absolute Gasteiger partial charge is 0.493 e. The molecule has 0 saturated carbocycles. The molecule has 2 aromatic carbocycles. The molecule has 1 saturated heterocycles. The molecule has 32 heavy (non-hydrogen) atoms. The highest BCUT2D eigenvalue weighted by atomic mass is 127. The molecule has 1 aromatic heterocycles. The minimum Gasteiger partial charge on any atom is -0.493 e. The van der Waals surface area contributed by atoms with Gasteiger partial charge in [-0.15, -0.1) is 11.3 Å². The molecule has 2 amide bonds. The quantitative estimate of drug-likeness (QED) is 0.159. The summed E-state index contributed by atoms with van der Waals surface area (Å²) in [5.74, 6) is -0.190. The molecule has 3 aromatic rings. The van der Waals surface area contributed by atoms with Gasteiger partial charge < -0.3 is 9.47 Å². The Balaban J connectivity index is 1.51. The van der Waals surface area contributed by atoms with E-state index in [1.54, 1.807) is 41.8 Å². The van der Waals surface area contributed by atoms with Crippen molar-refractivity contribution >= 4 is 68.9 Å². The van der Waals surface area contributed by atoms with Crippen molar-refractivity contribution in [1.82, 2.24) is 4.90 Å². The summed E-state index contributed by atoms with van der Waals surface area (Å²) in [4.78, 5) is 39.5. The summed E-state index contributed by atoms with van der Waals surface area (Å²) in [5.41, 5.74) is 1.53. The highest BCUT2D eigenvalue weighted by Gasteiger charge is 2.35. The third-order valence-electron chi connectivity index (χ3n) is 4.54. The fourth-order valence-electron chi connectivity index (χ4n) is 2.96. The summed E-state index contributed by atoms with van der Waals surface area (Å²) in [6, 6.07) is 16.1. The summed E-state index contributed by atoms with van der Waals surface area (Å²) in [7, 11) is 1.47. The third-order valence-corrected chi connectivity index (χ3v) is 7.01.